The quantitative estimate of drug-likeness (QED) is 0.534. The van der Waals surface area contributed by atoms with Gasteiger partial charge in [-0.15, -0.1) is 0 Å². The molecule has 3 heterocycles. The van der Waals surface area contributed by atoms with Crippen molar-refractivity contribution in [3.05, 3.63) is 60.5 Å². The van der Waals surface area contributed by atoms with Crippen LogP contribution in [0.15, 0.2) is 57.8 Å². The van der Waals surface area contributed by atoms with Crippen molar-refractivity contribution in [3.8, 4) is 11.4 Å². The third kappa shape index (κ3) is 3.66. The number of hydrogen-bond acceptors (Lipinski definition) is 5. The number of carbonyl (C=O) groups excluding carboxylic acids is 1. The van der Waals surface area contributed by atoms with E-state index in [-0.39, 0.29) is 5.91 Å². The fraction of sp³-hybridized carbons (Fsp3) is 0.211. The molecule has 1 aromatic carbocycles. The Morgan fingerprint density at radius 1 is 1.19 bits per heavy atom. The number of aryl methyl sites for hydroxylation is 1. The van der Waals surface area contributed by atoms with Gasteiger partial charge in [-0.05, 0) is 29.7 Å². The van der Waals surface area contributed by atoms with E-state index in [1.165, 1.54) is 0 Å². The highest BCUT2D eigenvalue weighted by atomic mass is 16.5. The predicted octanol–water partition coefficient (Wildman–Crippen LogP) is 3.10. The number of fused-ring (bicyclic) bond motifs is 1. The van der Waals surface area contributed by atoms with Crippen LogP contribution < -0.4 is 5.32 Å². The van der Waals surface area contributed by atoms with Crippen molar-refractivity contribution in [2.75, 3.05) is 6.54 Å². The van der Waals surface area contributed by atoms with E-state index in [1.807, 2.05) is 42.6 Å². The summed E-state index contributed by atoms with van der Waals surface area (Å²) < 4.78 is 10.5. The van der Waals surface area contributed by atoms with E-state index in [0.29, 0.717) is 37.5 Å². The topological polar surface area (TPSA) is 97.0 Å². The largest absolute Gasteiger partial charge is 0.469 e. The minimum atomic E-state index is -0.0517. The summed E-state index contributed by atoms with van der Waals surface area (Å²) in [6, 6.07) is 11.7. The van der Waals surface area contributed by atoms with Gasteiger partial charge >= 0.3 is 0 Å². The second-order valence-corrected chi connectivity index (χ2v) is 5.97. The van der Waals surface area contributed by atoms with Crippen LogP contribution in [0.25, 0.3) is 22.3 Å². The summed E-state index contributed by atoms with van der Waals surface area (Å²) in [6.45, 7) is 0.539. The summed E-state index contributed by atoms with van der Waals surface area (Å²) in [7, 11) is 0. The molecule has 7 nitrogen and oxygen atoms in total. The van der Waals surface area contributed by atoms with Gasteiger partial charge in [-0.25, -0.2) is 0 Å². The van der Waals surface area contributed by atoms with E-state index >= 15 is 0 Å². The van der Waals surface area contributed by atoms with Crippen LogP contribution >= 0.6 is 0 Å². The van der Waals surface area contributed by atoms with Gasteiger partial charge in [0.05, 0.1) is 6.26 Å². The lowest BCUT2D eigenvalue weighted by molar-refractivity contribution is -0.121. The van der Waals surface area contributed by atoms with Gasteiger partial charge in [0.2, 0.25) is 17.6 Å². The van der Waals surface area contributed by atoms with E-state index in [9.17, 15) is 4.79 Å². The zero-order chi connectivity index (χ0) is 17.8. The first kappa shape index (κ1) is 16.1. The fourth-order valence-electron chi connectivity index (χ4n) is 2.75. The highest BCUT2D eigenvalue weighted by Gasteiger charge is 2.11. The highest BCUT2D eigenvalue weighted by Crippen LogP contribution is 2.21. The minimum Gasteiger partial charge on any atom is -0.469 e. The Hall–Kier alpha value is -3.35. The van der Waals surface area contributed by atoms with Crippen molar-refractivity contribution in [3.63, 3.8) is 0 Å². The average molecular weight is 350 g/mol. The summed E-state index contributed by atoms with van der Waals surface area (Å²) in [5.74, 6) is 1.78. The SMILES string of the molecule is O=C(CCc1nc(-c2ccc3cc[nH]c3c2)no1)NCCc1ccco1. The van der Waals surface area contributed by atoms with Gasteiger partial charge in [-0.2, -0.15) is 4.98 Å². The number of amides is 1. The molecule has 3 aromatic heterocycles. The van der Waals surface area contributed by atoms with Gasteiger partial charge in [0, 0.05) is 43.1 Å². The van der Waals surface area contributed by atoms with Crippen LogP contribution in [-0.2, 0) is 17.6 Å². The van der Waals surface area contributed by atoms with E-state index in [1.54, 1.807) is 6.26 Å². The maximum atomic E-state index is 11.9. The zero-order valence-corrected chi connectivity index (χ0v) is 14.1. The highest BCUT2D eigenvalue weighted by molar-refractivity contribution is 5.83. The van der Waals surface area contributed by atoms with Crippen LogP contribution in [0.2, 0.25) is 0 Å². The molecule has 4 aromatic rings. The van der Waals surface area contributed by atoms with E-state index in [0.717, 1.165) is 22.2 Å². The molecule has 0 fully saturated rings. The summed E-state index contributed by atoms with van der Waals surface area (Å²) in [4.78, 5) is 19.4. The molecule has 1 amide bonds. The number of H-pyrrole nitrogens is 1. The lowest BCUT2D eigenvalue weighted by Gasteiger charge is -2.02. The first-order valence-electron chi connectivity index (χ1n) is 8.47. The molecule has 0 atom stereocenters. The fourth-order valence-corrected chi connectivity index (χ4v) is 2.75. The predicted molar refractivity (Wildman–Crippen MR) is 95.3 cm³/mol. The molecule has 0 saturated heterocycles. The summed E-state index contributed by atoms with van der Waals surface area (Å²) >= 11 is 0. The number of carbonyl (C=O) groups is 1. The number of benzene rings is 1. The molecule has 0 spiro atoms. The van der Waals surface area contributed by atoms with Crippen LogP contribution in [0.5, 0.6) is 0 Å². The Kier molecular flexibility index (Phi) is 4.51. The first-order valence-corrected chi connectivity index (χ1v) is 8.47. The lowest BCUT2D eigenvalue weighted by Crippen LogP contribution is -2.25. The molecule has 4 rings (SSSR count). The Balaban J connectivity index is 1.29. The molecule has 0 saturated carbocycles. The van der Waals surface area contributed by atoms with Gasteiger partial charge in [0.25, 0.3) is 0 Å². The number of aromatic amines is 1. The minimum absolute atomic E-state index is 0.0517. The smallest absolute Gasteiger partial charge is 0.227 e. The average Bonchev–Trinajstić information content (AvgIpc) is 3.40. The third-order valence-corrected chi connectivity index (χ3v) is 4.12. The van der Waals surface area contributed by atoms with Crippen molar-refractivity contribution >= 4 is 16.8 Å². The maximum Gasteiger partial charge on any atom is 0.227 e. The Morgan fingerprint density at radius 3 is 3.04 bits per heavy atom. The van der Waals surface area contributed by atoms with Crippen LogP contribution in [0, 0.1) is 0 Å². The van der Waals surface area contributed by atoms with Crippen molar-refractivity contribution in [2.24, 2.45) is 0 Å². The van der Waals surface area contributed by atoms with Crippen LogP contribution in [0.1, 0.15) is 18.1 Å². The van der Waals surface area contributed by atoms with Gasteiger partial charge < -0.3 is 19.2 Å². The monoisotopic (exact) mass is 350 g/mol. The molecule has 0 unspecified atom stereocenters. The van der Waals surface area contributed by atoms with Crippen molar-refractivity contribution in [1.82, 2.24) is 20.4 Å². The van der Waals surface area contributed by atoms with Crippen molar-refractivity contribution in [1.29, 1.82) is 0 Å². The number of rotatable bonds is 7. The molecule has 26 heavy (non-hydrogen) atoms. The molecular formula is C19H18N4O3. The number of nitrogens with one attached hydrogen (secondary N) is 2. The molecule has 0 radical (unpaired) electrons. The van der Waals surface area contributed by atoms with Crippen molar-refractivity contribution in [2.45, 2.75) is 19.3 Å². The Labute approximate surface area is 149 Å². The van der Waals surface area contributed by atoms with Gasteiger partial charge in [-0.3, -0.25) is 4.79 Å². The summed E-state index contributed by atoms with van der Waals surface area (Å²) in [5.41, 5.74) is 1.89. The molecular weight excluding hydrogens is 332 g/mol. The van der Waals surface area contributed by atoms with Crippen LogP contribution in [-0.4, -0.2) is 27.6 Å². The second-order valence-electron chi connectivity index (χ2n) is 5.97. The summed E-state index contributed by atoms with van der Waals surface area (Å²) in [6.07, 6.45) is 4.89. The second kappa shape index (κ2) is 7.26. The van der Waals surface area contributed by atoms with Crippen molar-refractivity contribution < 1.29 is 13.7 Å². The van der Waals surface area contributed by atoms with Gasteiger partial charge in [0.1, 0.15) is 5.76 Å². The van der Waals surface area contributed by atoms with E-state index < -0.39 is 0 Å². The normalized spacial score (nSPS) is 11.1. The summed E-state index contributed by atoms with van der Waals surface area (Å²) in [5, 5.41) is 7.99. The van der Waals surface area contributed by atoms with Gasteiger partial charge in [-0.1, -0.05) is 17.3 Å². The zero-order valence-electron chi connectivity index (χ0n) is 14.1. The first-order chi connectivity index (χ1) is 12.8. The standard InChI is InChI=1S/C19H18N4O3/c24-17(21-10-8-15-2-1-11-25-15)5-6-18-22-19(23-26-18)14-4-3-13-7-9-20-16(13)12-14/h1-4,7,9,11-12,20H,5-6,8,10H2,(H,21,24). The number of hydrogen-bond donors (Lipinski definition) is 2. The van der Waals surface area contributed by atoms with Gasteiger partial charge in [0.15, 0.2) is 0 Å². The lowest BCUT2D eigenvalue weighted by atomic mass is 10.1. The third-order valence-electron chi connectivity index (χ3n) is 4.12. The molecule has 0 bridgehead atoms. The van der Waals surface area contributed by atoms with E-state index in [2.05, 4.69) is 20.4 Å². The van der Waals surface area contributed by atoms with E-state index in [4.69, 9.17) is 8.94 Å². The van der Waals surface area contributed by atoms with Crippen LogP contribution in [0.4, 0.5) is 0 Å². The molecule has 0 aliphatic heterocycles. The van der Waals surface area contributed by atoms with Crippen LogP contribution in [0.3, 0.4) is 0 Å². The maximum absolute atomic E-state index is 11.9. The molecule has 7 heteroatoms. The number of furan rings is 1. The molecule has 2 N–H and O–H groups in total. The molecule has 0 aliphatic rings. The number of aromatic nitrogens is 3. The Bertz CT molecular complexity index is 1000. The Morgan fingerprint density at radius 2 is 2.15 bits per heavy atom. The number of nitrogens with zero attached hydrogens (tertiary/aromatic N) is 2. The molecule has 0 aliphatic carbocycles. The molecule has 132 valence electrons.